The normalized spacial score (nSPS) is 14.5. The van der Waals surface area contributed by atoms with Crippen LogP contribution in [-0.4, -0.2) is 21.4 Å². The number of aliphatic hydroxyl groups excluding tert-OH is 2. The molecule has 2 unspecified atom stereocenters. The molecule has 0 amide bonds. The summed E-state index contributed by atoms with van der Waals surface area (Å²) in [5.41, 5.74) is 0.734. The molecule has 0 aliphatic rings. The van der Waals surface area contributed by atoms with Gasteiger partial charge in [0, 0.05) is 6.42 Å². The van der Waals surface area contributed by atoms with E-state index in [9.17, 15) is 10.2 Å². The van der Waals surface area contributed by atoms with E-state index in [1.54, 1.807) is 24.3 Å². The van der Waals surface area contributed by atoms with E-state index in [0.717, 1.165) is 31.2 Å². The summed E-state index contributed by atoms with van der Waals surface area (Å²) < 4.78 is 0. The molecule has 0 saturated carbocycles. The van der Waals surface area contributed by atoms with Crippen molar-refractivity contribution in [3.05, 3.63) is 29.8 Å². The van der Waals surface area contributed by atoms with Crippen molar-refractivity contribution in [1.29, 1.82) is 0 Å². The van der Waals surface area contributed by atoms with Crippen LogP contribution in [0, 0.1) is 0 Å². The summed E-state index contributed by atoms with van der Waals surface area (Å²) >= 11 is 0. The lowest BCUT2D eigenvalue weighted by Crippen LogP contribution is -2.12. The maximum atomic E-state index is 9.90. The van der Waals surface area contributed by atoms with Gasteiger partial charge in [-0.15, -0.1) is 0 Å². The van der Waals surface area contributed by atoms with Gasteiger partial charge in [-0.3, -0.25) is 0 Å². The predicted octanol–water partition coefficient (Wildman–Crippen LogP) is 2.76. The summed E-state index contributed by atoms with van der Waals surface area (Å²) in [6.07, 6.45) is 3.23. The Bertz CT molecular complexity index is 308. The molecule has 0 aromatic heterocycles. The second-order valence-electron chi connectivity index (χ2n) is 4.49. The molecule has 0 bridgehead atoms. The van der Waals surface area contributed by atoms with E-state index in [1.165, 1.54) is 0 Å². The molecule has 2 atom stereocenters. The Hall–Kier alpha value is -1.06. The first-order valence-electron chi connectivity index (χ1n) is 6.28. The molecule has 0 aliphatic carbocycles. The molecule has 1 rings (SSSR count). The van der Waals surface area contributed by atoms with Crippen molar-refractivity contribution in [2.75, 3.05) is 0 Å². The van der Waals surface area contributed by atoms with E-state index >= 15 is 0 Å². The van der Waals surface area contributed by atoms with Gasteiger partial charge >= 0.3 is 0 Å². The van der Waals surface area contributed by atoms with Crippen LogP contribution in [0.4, 0.5) is 0 Å². The monoisotopic (exact) mass is 238 g/mol. The molecule has 1 aromatic carbocycles. The fourth-order valence-corrected chi connectivity index (χ4v) is 1.84. The van der Waals surface area contributed by atoms with Crippen molar-refractivity contribution in [1.82, 2.24) is 0 Å². The van der Waals surface area contributed by atoms with Gasteiger partial charge in [0.25, 0.3) is 0 Å². The molecule has 0 spiro atoms. The summed E-state index contributed by atoms with van der Waals surface area (Å²) in [5, 5.41) is 28.8. The molecule has 96 valence electrons. The number of aromatic hydroxyl groups is 1. The van der Waals surface area contributed by atoms with Crippen LogP contribution in [0.25, 0.3) is 0 Å². The number of phenolic OH excluding ortho intramolecular Hbond substituents is 1. The second kappa shape index (κ2) is 7.30. The topological polar surface area (TPSA) is 60.7 Å². The van der Waals surface area contributed by atoms with E-state index < -0.39 is 12.2 Å². The van der Waals surface area contributed by atoms with Gasteiger partial charge in [-0.05, 0) is 24.1 Å². The van der Waals surface area contributed by atoms with Crippen molar-refractivity contribution >= 4 is 0 Å². The Morgan fingerprint density at radius 1 is 1.06 bits per heavy atom. The van der Waals surface area contributed by atoms with Gasteiger partial charge in [-0.2, -0.15) is 0 Å². The smallest absolute Gasteiger partial charge is 0.115 e. The first-order valence-corrected chi connectivity index (χ1v) is 6.28. The molecule has 3 nitrogen and oxygen atoms in total. The van der Waals surface area contributed by atoms with Gasteiger partial charge in [0.05, 0.1) is 12.2 Å². The number of aliphatic hydroxyl groups is 2. The van der Waals surface area contributed by atoms with Crippen LogP contribution in [0.15, 0.2) is 24.3 Å². The molecular weight excluding hydrogens is 216 g/mol. The van der Waals surface area contributed by atoms with E-state index in [4.69, 9.17) is 5.11 Å². The van der Waals surface area contributed by atoms with Crippen molar-refractivity contribution < 1.29 is 15.3 Å². The predicted molar refractivity (Wildman–Crippen MR) is 67.8 cm³/mol. The van der Waals surface area contributed by atoms with Crippen LogP contribution in [0.3, 0.4) is 0 Å². The highest BCUT2D eigenvalue weighted by molar-refractivity contribution is 5.27. The molecule has 17 heavy (non-hydrogen) atoms. The van der Waals surface area contributed by atoms with Gasteiger partial charge in [0.15, 0.2) is 0 Å². The van der Waals surface area contributed by atoms with Gasteiger partial charge in [-0.25, -0.2) is 0 Å². The number of unbranched alkanes of at least 4 members (excludes halogenated alkanes) is 2. The minimum atomic E-state index is -0.660. The van der Waals surface area contributed by atoms with Gasteiger partial charge in [0.1, 0.15) is 5.75 Å². The minimum Gasteiger partial charge on any atom is -0.508 e. The van der Waals surface area contributed by atoms with Crippen LogP contribution in [0.2, 0.25) is 0 Å². The maximum absolute atomic E-state index is 9.90. The van der Waals surface area contributed by atoms with Gasteiger partial charge < -0.3 is 15.3 Å². The fourth-order valence-electron chi connectivity index (χ4n) is 1.84. The van der Waals surface area contributed by atoms with Gasteiger partial charge in [-0.1, -0.05) is 38.3 Å². The Balaban J connectivity index is 2.37. The summed E-state index contributed by atoms with van der Waals surface area (Å²) in [7, 11) is 0. The Labute approximate surface area is 103 Å². The lowest BCUT2D eigenvalue weighted by molar-refractivity contribution is 0.0739. The zero-order chi connectivity index (χ0) is 12.7. The average molecular weight is 238 g/mol. The zero-order valence-corrected chi connectivity index (χ0v) is 10.3. The fraction of sp³-hybridized carbons (Fsp3) is 0.571. The van der Waals surface area contributed by atoms with Crippen LogP contribution in [0.5, 0.6) is 5.75 Å². The van der Waals surface area contributed by atoms with Crippen LogP contribution < -0.4 is 0 Å². The average Bonchev–Trinajstić information content (AvgIpc) is 2.30. The van der Waals surface area contributed by atoms with Crippen molar-refractivity contribution in [3.8, 4) is 5.75 Å². The Morgan fingerprint density at radius 3 is 2.29 bits per heavy atom. The third kappa shape index (κ3) is 5.20. The lowest BCUT2D eigenvalue weighted by Gasteiger charge is -2.15. The number of rotatable bonds is 7. The largest absolute Gasteiger partial charge is 0.508 e. The van der Waals surface area contributed by atoms with Crippen molar-refractivity contribution in [2.45, 2.75) is 51.2 Å². The highest BCUT2D eigenvalue weighted by Crippen LogP contribution is 2.22. The standard InChI is InChI=1S/C14H22O3/c1-2-3-4-5-13(16)10-14(17)11-6-8-12(15)9-7-11/h6-9,13-17H,2-5,10H2,1H3. The summed E-state index contributed by atoms with van der Waals surface area (Å²) in [6.45, 7) is 2.12. The SMILES string of the molecule is CCCCCC(O)CC(O)c1ccc(O)cc1. The molecule has 0 aliphatic heterocycles. The van der Waals surface area contributed by atoms with Gasteiger partial charge in [0.2, 0.25) is 0 Å². The minimum absolute atomic E-state index is 0.185. The number of hydrogen-bond acceptors (Lipinski definition) is 3. The van der Waals surface area contributed by atoms with E-state index in [0.29, 0.717) is 6.42 Å². The number of hydrogen-bond donors (Lipinski definition) is 3. The molecule has 3 N–H and O–H groups in total. The number of phenols is 1. The molecule has 0 radical (unpaired) electrons. The van der Waals surface area contributed by atoms with Crippen molar-refractivity contribution in [2.24, 2.45) is 0 Å². The number of benzene rings is 1. The molecular formula is C14H22O3. The van der Waals surface area contributed by atoms with E-state index in [2.05, 4.69) is 6.92 Å². The molecule has 0 fully saturated rings. The molecule has 1 aromatic rings. The quantitative estimate of drug-likeness (QED) is 0.640. The van der Waals surface area contributed by atoms with Crippen LogP contribution >= 0.6 is 0 Å². The third-order valence-electron chi connectivity index (χ3n) is 2.91. The van der Waals surface area contributed by atoms with Crippen molar-refractivity contribution in [3.63, 3.8) is 0 Å². The Morgan fingerprint density at radius 2 is 1.71 bits per heavy atom. The lowest BCUT2D eigenvalue weighted by atomic mass is 10.00. The maximum Gasteiger partial charge on any atom is 0.115 e. The Kier molecular flexibility index (Phi) is 6.01. The van der Waals surface area contributed by atoms with E-state index in [1.807, 2.05) is 0 Å². The second-order valence-corrected chi connectivity index (χ2v) is 4.49. The van der Waals surface area contributed by atoms with Crippen LogP contribution in [0.1, 0.15) is 50.7 Å². The highest BCUT2D eigenvalue weighted by Gasteiger charge is 2.13. The molecule has 0 heterocycles. The molecule has 3 heteroatoms. The van der Waals surface area contributed by atoms with E-state index in [-0.39, 0.29) is 5.75 Å². The zero-order valence-electron chi connectivity index (χ0n) is 10.3. The summed E-state index contributed by atoms with van der Waals surface area (Å²) in [6, 6.07) is 6.45. The highest BCUT2D eigenvalue weighted by atomic mass is 16.3. The third-order valence-corrected chi connectivity index (χ3v) is 2.91. The molecule has 0 saturated heterocycles. The summed E-state index contributed by atoms with van der Waals surface area (Å²) in [5.74, 6) is 0.185. The first-order chi connectivity index (χ1) is 8.13. The summed E-state index contributed by atoms with van der Waals surface area (Å²) in [4.78, 5) is 0. The van der Waals surface area contributed by atoms with Crippen LogP contribution in [-0.2, 0) is 0 Å². The first kappa shape index (κ1) is 14.0.